The van der Waals surface area contributed by atoms with Crippen molar-refractivity contribution in [3.8, 4) is 5.75 Å². The molecular weight excluding hydrogens is 214 g/mol. The lowest BCUT2D eigenvalue weighted by Crippen LogP contribution is -2.09. The van der Waals surface area contributed by atoms with Gasteiger partial charge >= 0.3 is 0 Å². The summed E-state index contributed by atoms with van der Waals surface area (Å²) < 4.78 is 0. The fraction of sp³-hybridized carbons (Fsp3) is 0.357. The van der Waals surface area contributed by atoms with Crippen LogP contribution in [0.3, 0.4) is 0 Å². The molecule has 0 saturated heterocycles. The smallest absolute Gasteiger partial charge is 0.160 e. The van der Waals surface area contributed by atoms with Crippen LogP contribution in [0.5, 0.6) is 5.75 Å². The molecule has 0 unspecified atom stereocenters. The fourth-order valence-electron chi connectivity index (χ4n) is 1.98. The van der Waals surface area contributed by atoms with Crippen LogP contribution in [0.15, 0.2) is 30.0 Å². The lowest BCUT2D eigenvalue weighted by molar-refractivity contribution is -0.116. The Morgan fingerprint density at radius 3 is 2.82 bits per heavy atom. The van der Waals surface area contributed by atoms with Crippen molar-refractivity contribution in [1.82, 2.24) is 0 Å². The van der Waals surface area contributed by atoms with E-state index < -0.39 is 0 Å². The van der Waals surface area contributed by atoms with E-state index in [1.54, 1.807) is 12.3 Å². The Kier molecular flexibility index (Phi) is 3.47. The van der Waals surface area contributed by atoms with E-state index in [9.17, 15) is 9.90 Å². The molecule has 1 fully saturated rings. The first kappa shape index (κ1) is 11.7. The maximum atomic E-state index is 11.6. The van der Waals surface area contributed by atoms with Gasteiger partial charge in [-0.1, -0.05) is 6.07 Å². The summed E-state index contributed by atoms with van der Waals surface area (Å²) in [6.07, 6.45) is 5.27. The highest BCUT2D eigenvalue weighted by atomic mass is 16.3. The highest BCUT2D eigenvalue weighted by Gasteiger charge is 2.14. The number of benzene rings is 1. The predicted octanol–water partition coefficient (Wildman–Crippen LogP) is 3.14. The minimum Gasteiger partial charge on any atom is -0.506 e. The van der Waals surface area contributed by atoms with E-state index in [0.717, 1.165) is 30.4 Å². The van der Waals surface area contributed by atoms with Crippen molar-refractivity contribution in [2.24, 2.45) is 0 Å². The number of nitrogens with one attached hydrogen (secondary N) is 1. The van der Waals surface area contributed by atoms with Crippen LogP contribution in [0.2, 0.25) is 0 Å². The van der Waals surface area contributed by atoms with E-state index in [2.05, 4.69) is 5.32 Å². The zero-order valence-electron chi connectivity index (χ0n) is 9.99. The Morgan fingerprint density at radius 1 is 1.29 bits per heavy atom. The maximum absolute atomic E-state index is 11.6. The number of ketones is 1. The molecule has 0 spiro atoms. The average Bonchev–Trinajstić information content (AvgIpc) is 2.32. The topological polar surface area (TPSA) is 49.3 Å². The first-order valence-corrected chi connectivity index (χ1v) is 5.95. The highest BCUT2D eigenvalue weighted by molar-refractivity contribution is 5.96. The summed E-state index contributed by atoms with van der Waals surface area (Å²) >= 11 is 0. The van der Waals surface area contributed by atoms with Crippen molar-refractivity contribution in [2.75, 3.05) is 5.32 Å². The third-order valence-electron chi connectivity index (χ3n) is 3.01. The quantitative estimate of drug-likeness (QED) is 0.607. The molecule has 17 heavy (non-hydrogen) atoms. The number of carbonyl (C=O) groups is 1. The molecule has 1 aromatic rings. The summed E-state index contributed by atoms with van der Waals surface area (Å²) in [5.74, 6) is 0.423. The molecule has 1 saturated carbocycles. The fourth-order valence-corrected chi connectivity index (χ4v) is 1.98. The molecule has 1 aliphatic carbocycles. The molecule has 2 N–H and O–H groups in total. The zero-order chi connectivity index (χ0) is 12.3. The summed E-state index contributed by atoms with van der Waals surface area (Å²) in [5, 5.41) is 12.7. The third kappa shape index (κ3) is 2.87. The van der Waals surface area contributed by atoms with Crippen molar-refractivity contribution in [1.29, 1.82) is 0 Å². The molecule has 0 atom stereocenters. The molecule has 2 rings (SSSR count). The van der Waals surface area contributed by atoms with Gasteiger partial charge in [0.15, 0.2) is 5.78 Å². The van der Waals surface area contributed by atoms with Crippen molar-refractivity contribution in [2.45, 2.75) is 32.6 Å². The van der Waals surface area contributed by atoms with Crippen LogP contribution < -0.4 is 5.32 Å². The van der Waals surface area contributed by atoms with Gasteiger partial charge in [0.1, 0.15) is 5.75 Å². The Bertz CT molecular complexity index is 463. The zero-order valence-corrected chi connectivity index (χ0v) is 9.99. The number of hydrogen-bond donors (Lipinski definition) is 2. The largest absolute Gasteiger partial charge is 0.506 e. The molecule has 3 nitrogen and oxygen atoms in total. The van der Waals surface area contributed by atoms with Gasteiger partial charge in [-0.3, -0.25) is 4.79 Å². The molecule has 0 aromatic heterocycles. The lowest BCUT2D eigenvalue weighted by atomic mass is 9.94. The molecule has 0 radical (unpaired) electrons. The molecule has 0 bridgehead atoms. The van der Waals surface area contributed by atoms with Gasteiger partial charge in [-0.25, -0.2) is 0 Å². The standard InChI is InChI=1S/C14H17NO2/c1-10-6-7-14(17)12(8-10)15-9-11-4-2-3-5-13(11)16/h6-9,15,17H,2-5H2,1H3. The van der Waals surface area contributed by atoms with Gasteiger partial charge in [-0.15, -0.1) is 0 Å². The van der Waals surface area contributed by atoms with E-state index >= 15 is 0 Å². The van der Waals surface area contributed by atoms with E-state index in [0.29, 0.717) is 12.1 Å². The van der Waals surface area contributed by atoms with Crippen LogP contribution >= 0.6 is 0 Å². The number of phenols is 1. The number of hydrogen-bond acceptors (Lipinski definition) is 3. The van der Waals surface area contributed by atoms with Crippen LogP contribution in [-0.4, -0.2) is 10.9 Å². The Morgan fingerprint density at radius 2 is 2.06 bits per heavy atom. The van der Waals surface area contributed by atoms with Crippen molar-refractivity contribution in [3.05, 3.63) is 35.5 Å². The van der Waals surface area contributed by atoms with Gasteiger partial charge in [0, 0.05) is 18.2 Å². The number of rotatable bonds is 2. The first-order chi connectivity index (χ1) is 8.16. The Balaban J connectivity index is 2.13. The summed E-state index contributed by atoms with van der Waals surface area (Å²) in [7, 11) is 0. The van der Waals surface area contributed by atoms with Crippen molar-refractivity contribution in [3.63, 3.8) is 0 Å². The second kappa shape index (κ2) is 5.04. The van der Waals surface area contributed by atoms with Crippen LogP contribution in [0.1, 0.15) is 31.2 Å². The first-order valence-electron chi connectivity index (χ1n) is 5.95. The molecule has 3 heteroatoms. The molecule has 1 aliphatic rings. The molecule has 0 heterocycles. The maximum Gasteiger partial charge on any atom is 0.160 e. The summed E-state index contributed by atoms with van der Waals surface area (Å²) in [5.41, 5.74) is 2.55. The van der Waals surface area contributed by atoms with Crippen LogP contribution in [0.4, 0.5) is 5.69 Å². The summed E-state index contributed by atoms with van der Waals surface area (Å²) in [6.45, 7) is 1.96. The SMILES string of the molecule is Cc1ccc(O)c(NC=C2CCCCC2=O)c1. The second-order valence-electron chi connectivity index (χ2n) is 4.46. The van der Waals surface area contributed by atoms with Gasteiger partial charge in [0.25, 0.3) is 0 Å². The number of allylic oxidation sites excluding steroid dienone is 1. The summed E-state index contributed by atoms with van der Waals surface area (Å²) in [6, 6.07) is 5.36. The van der Waals surface area contributed by atoms with Gasteiger partial charge in [-0.05, 0) is 43.9 Å². The van der Waals surface area contributed by atoms with Gasteiger partial charge in [0.2, 0.25) is 0 Å². The Labute approximate surface area is 101 Å². The van der Waals surface area contributed by atoms with Crippen molar-refractivity contribution < 1.29 is 9.90 Å². The summed E-state index contributed by atoms with van der Waals surface area (Å²) in [4.78, 5) is 11.6. The second-order valence-corrected chi connectivity index (χ2v) is 4.46. The van der Waals surface area contributed by atoms with Crippen LogP contribution in [-0.2, 0) is 4.79 Å². The van der Waals surface area contributed by atoms with Crippen molar-refractivity contribution >= 4 is 11.5 Å². The lowest BCUT2D eigenvalue weighted by Gasteiger charge is -2.13. The van der Waals surface area contributed by atoms with Crippen LogP contribution in [0, 0.1) is 6.92 Å². The number of anilines is 1. The van der Waals surface area contributed by atoms with E-state index in [1.165, 1.54) is 0 Å². The molecule has 0 aliphatic heterocycles. The minimum atomic E-state index is 0.204. The normalized spacial score (nSPS) is 18.4. The van der Waals surface area contributed by atoms with Crippen LogP contribution in [0.25, 0.3) is 0 Å². The molecule has 1 aromatic carbocycles. The minimum absolute atomic E-state index is 0.204. The Hall–Kier alpha value is -1.77. The van der Waals surface area contributed by atoms with Gasteiger partial charge in [-0.2, -0.15) is 0 Å². The molecule has 0 amide bonds. The average molecular weight is 231 g/mol. The third-order valence-corrected chi connectivity index (χ3v) is 3.01. The number of phenolic OH excluding ortho intramolecular Hbond substituents is 1. The number of aromatic hydroxyl groups is 1. The number of Topliss-reactive ketones (excluding diaryl/α,β-unsaturated/α-hetero) is 1. The van der Waals surface area contributed by atoms with E-state index in [1.807, 2.05) is 19.1 Å². The van der Waals surface area contributed by atoms with Gasteiger partial charge < -0.3 is 10.4 Å². The van der Waals surface area contributed by atoms with Gasteiger partial charge in [0.05, 0.1) is 5.69 Å². The number of carbonyl (C=O) groups excluding carboxylic acids is 1. The highest BCUT2D eigenvalue weighted by Crippen LogP contribution is 2.25. The predicted molar refractivity (Wildman–Crippen MR) is 68.0 cm³/mol. The van der Waals surface area contributed by atoms with E-state index in [-0.39, 0.29) is 11.5 Å². The molecular formula is C14H17NO2. The number of aryl methyl sites for hydroxylation is 1. The molecule has 90 valence electrons. The van der Waals surface area contributed by atoms with E-state index in [4.69, 9.17) is 0 Å². The monoisotopic (exact) mass is 231 g/mol.